The van der Waals surface area contributed by atoms with Crippen LogP contribution < -0.4 is 0 Å². The molecule has 4 nitrogen and oxygen atoms in total. The van der Waals surface area contributed by atoms with Crippen LogP contribution in [0.15, 0.2) is 18.2 Å². The number of aryl methyl sites for hydroxylation is 1. The first kappa shape index (κ1) is 12.9. The smallest absolute Gasteiger partial charge is 0.356 e. The maximum atomic E-state index is 13.9. The second-order valence-electron chi connectivity index (χ2n) is 3.56. The minimum absolute atomic E-state index is 0.0340. The summed E-state index contributed by atoms with van der Waals surface area (Å²) in [6.45, 7) is 0. The van der Waals surface area contributed by atoms with Gasteiger partial charge in [-0.15, -0.1) is 0 Å². The van der Waals surface area contributed by atoms with Crippen molar-refractivity contribution in [1.29, 1.82) is 0 Å². The van der Waals surface area contributed by atoms with Crippen LogP contribution in [-0.2, 0) is 7.05 Å². The van der Waals surface area contributed by atoms with Crippen LogP contribution in [0.2, 0.25) is 10.0 Å². The minimum Gasteiger partial charge on any atom is -0.476 e. The van der Waals surface area contributed by atoms with E-state index >= 15 is 0 Å². The van der Waals surface area contributed by atoms with Crippen LogP contribution in [0, 0.1) is 5.82 Å². The number of rotatable bonds is 2. The predicted octanol–water partition coefficient (Wildman–Crippen LogP) is 3.23. The number of nitrogens with zero attached hydrogens (tertiary/aromatic N) is 2. The number of aromatic carboxylic acids is 1. The molecule has 0 unspecified atom stereocenters. The lowest BCUT2D eigenvalue weighted by atomic mass is 10.1. The van der Waals surface area contributed by atoms with Gasteiger partial charge in [0.2, 0.25) is 0 Å². The normalized spacial score (nSPS) is 10.7. The van der Waals surface area contributed by atoms with E-state index in [-0.39, 0.29) is 27.0 Å². The topological polar surface area (TPSA) is 55.1 Å². The Labute approximate surface area is 112 Å². The Balaban J connectivity index is 2.69. The zero-order valence-electron chi connectivity index (χ0n) is 9.12. The number of halogens is 3. The molecule has 0 aliphatic rings. The first-order chi connectivity index (χ1) is 8.41. The van der Waals surface area contributed by atoms with Crippen LogP contribution in [0.5, 0.6) is 0 Å². The van der Waals surface area contributed by atoms with Gasteiger partial charge in [0.15, 0.2) is 11.5 Å². The summed E-state index contributed by atoms with van der Waals surface area (Å²) in [6, 6.07) is 4.01. The molecule has 0 aliphatic carbocycles. The SMILES string of the molecule is Cn1nc(C(=O)O)cc1-c1c(Cl)ccc(Cl)c1F. The second-order valence-corrected chi connectivity index (χ2v) is 4.38. The third-order valence-electron chi connectivity index (χ3n) is 2.40. The summed E-state index contributed by atoms with van der Waals surface area (Å²) in [5, 5.41) is 12.6. The van der Waals surface area contributed by atoms with Crippen LogP contribution in [0.25, 0.3) is 11.3 Å². The summed E-state index contributed by atoms with van der Waals surface area (Å²) in [6.07, 6.45) is 0. The van der Waals surface area contributed by atoms with Crippen LogP contribution >= 0.6 is 23.2 Å². The molecule has 1 N–H and O–H groups in total. The van der Waals surface area contributed by atoms with Gasteiger partial charge in [0.1, 0.15) is 0 Å². The number of carboxylic acids is 1. The fraction of sp³-hybridized carbons (Fsp3) is 0.0909. The molecule has 0 atom stereocenters. The van der Waals surface area contributed by atoms with Crippen molar-refractivity contribution in [2.75, 3.05) is 0 Å². The number of carbonyl (C=O) groups is 1. The zero-order valence-corrected chi connectivity index (χ0v) is 10.6. The van der Waals surface area contributed by atoms with Gasteiger partial charge in [-0.3, -0.25) is 4.68 Å². The molecule has 2 rings (SSSR count). The van der Waals surface area contributed by atoms with Crippen LogP contribution in [-0.4, -0.2) is 20.9 Å². The quantitative estimate of drug-likeness (QED) is 0.863. The van der Waals surface area contributed by atoms with Gasteiger partial charge >= 0.3 is 5.97 Å². The average molecular weight is 289 g/mol. The highest BCUT2D eigenvalue weighted by atomic mass is 35.5. The number of hydrogen-bond donors (Lipinski definition) is 1. The minimum atomic E-state index is -1.20. The van der Waals surface area contributed by atoms with Crippen LogP contribution in [0.3, 0.4) is 0 Å². The maximum Gasteiger partial charge on any atom is 0.356 e. The lowest BCUT2D eigenvalue weighted by Crippen LogP contribution is -2.00. The van der Waals surface area contributed by atoms with Crippen molar-refractivity contribution in [1.82, 2.24) is 9.78 Å². The van der Waals surface area contributed by atoms with Crippen molar-refractivity contribution >= 4 is 29.2 Å². The first-order valence-corrected chi connectivity index (χ1v) is 5.58. The zero-order chi connectivity index (χ0) is 13.4. The molecular weight excluding hydrogens is 282 g/mol. The van der Waals surface area contributed by atoms with E-state index < -0.39 is 11.8 Å². The summed E-state index contributed by atoms with van der Waals surface area (Å²) in [5.41, 5.74) is 0.0898. The molecule has 1 heterocycles. The third kappa shape index (κ3) is 2.07. The molecule has 0 spiro atoms. The van der Waals surface area contributed by atoms with Crippen molar-refractivity contribution < 1.29 is 14.3 Å². The molecule has 0 aliphatic heterocycles. The van der Waals surface area contributed by atoms with E-state index in [9.17, 15) is 9.18 Å². The molecule has 0 amide bonds. The molecule has 0 bridgehead atoms. The monoisotopic (exact) mass is 288 g/mol. The van der Waals surface area contributed by atoms with Gasteiger partial charge in [-0.05, 0) is 18.2 Å². The van der Waals surface area contributed by atoms with Crippen molar-refractivity contribution in [2.45, 2.75) is 0 Å². The van der Waals surface area contributed by atoms with Crippen molar-refractivity contribution in [3.8, 4) is 11.3 Å². The van der Waals surface area contributed by atoms with Gasteiger partial charge in [-0.2, -0.15) is 5.10 Å². The van der Waals surface area contributed by atoms with Gasteiger partial charge < -0.3 is 5.11 Å². The van der Waals surface area contributed by atoms with Gasteiger partial charge in [0, 0.05) is 7.05 Å². The summed E-state index contributed by atoms with van der Waals surface area (Å²) in [4.78, 5) is 10.8. The fourth-order valence-electron chi connectivity index (χ4n) is 1.57. The van der Waals surface area contributed by atoms with Crippen molar-refractivity contribution in [3.63, 3.8) is 0 Å². The molecule has 0 saturated carbocycles. The first-order valence-electron chi connectivity index (χ1n) is 4.83. The molecule has 1 aromatic heterocycles. The Morgan fingerprint density at radius 3 is 2.56 bits per heavy atom. The predicted molar refractivity (Wildman–Crippen MR) is 65.6 cm³/mol. The molecule has 0 saturated heterocycles. The average Bonchev–Trinajstić information content (AvgIpc) is 2.67. The van der Waals surface area contributed by atoms with Gasteiger partial charge in [0.05, 0.1) is 21.3 Å². The van der Waals surface area contributed by atoms with E-state index in [0.717, 1.165) is 0 Å². The molecule has 94 valence electrons. The molecule has 0 fully saturated rings. The Bertz CT molecular complexity index is 640. The molecule has 7 heteroatoms. The highest BCUT2D eigenvalue weighted by Crippen LogP contribution is 2.34. The summed E-state index contributed by atoms with van der Waals surface area (Å²) in [7, 11) is 1.50. The van der Waals surface area contributed by atoms with Crippen LogP contribution in [0.1, 0.15) is 10.5 Å². The van der Waals surface area contributed by atoms with E-state index in [1.165, 1.54) is 29.9 Å². The van der Waals surface area contributed by atoms with Crippen molar-refractivity contribution in [2.24, 2.45) is 7.05 Å². The fourth-order valence-corrected chi connectivity index (χ4v) is 1.97. The van der Waals surface area contributed by atoms with E-state index in [0.29, 0.717) is 0 Å². The Kier molecular flexibility index (Phi) is 3.28. The molecular formula is C11H7Cl2FN2O2. The van der Waals surface area contributed by atoms with E-state index in [2.05, 4.69) is 5.10 Å². The van der Waals surface area contributed by atoms with Gasteiger partial charge in [-0.25, -0.2) is 9.18 Å². The molecule has 1 aromatic carbocycles. The van der Waals surface area contributed by atoms with Gasteiger partial charge in [-0.1, -0.05) is 23.2 Å². The van der Waals surface area contributed by atoms with E-state index in [1.54, 1.807) is 0 Å². The lowest BCUT2D eigenvalue weighted by molar-refractivity contribution is 0.0689. The number of aromatic nitrogens is 2. The Morgan fingerprint density at radius 1 is 1.39 bits per heavy atom. The largest absolute Gasteiger partial charge is 0.476 e. The standard InChI is InChI=1S/C11H7Cl2FN2O2/c1-16-8(4-7(15-16)11(17)18)9-5(12)2-3-6(13)10(9)14/h2-4H,1H3,(H,17,18). The van der Waals surface area contributed by atoms with E-state index in [4.69, 9.17) is 28.3 Å². The second kappa shape index (κ2) is 4.59. The van der Waals surface area contributed by atoms with E-state index in [1.807, 2.05) is 0 Å². The summed E-state index contributed by atoms with van der Waals surface area (Å²) in [5.74, 6) is -1.90. The molecule has 2 aromatic rings. The highest BCUT2D eigenvalue weighted by molar-refractivity contribution is 6.35. The number of carboxylic acid groups (broad SMARTS) is 1. The van der Waals surface area contributed by atoms with Crippen LogP contribution in [0.4, 0.5) is 4.39 Å². The third-order valence-corrected chi connectivity index (χ3v) is 3.01. The Hall–Kier alpha value is -1.59. The Morgan fingerprint density at radius 2 is 2.00 bits per heavy atom. The summed E-state index contributed by atoms with van der Waals surface area (Å²) >= 11 is 11.6. The number of benzene rings is 1. The molecule has 18 heavy (non-hydrogen) atoms. The maximum absolute atomic E-state index is 13.9. The molecule has 0 radical (unpaired) electrons. The lowest BCUT2D eigenvalue weighted by Gasteiger charge is -2.07. The van der Waals surface area contributed by atoms with Crippen molar-refractivity contribution in [3.05, 3.63) is 39.8 Å². The number of hydrogen-bond acceptors (Lipinski definition) is 2. The van der Waals surface area contributed by atoms with Gasteiger partial charge in [0.25, 0.3) is 0 Å². The highest BCUT2D eigenvalue weighted by Gasteiger charge is 2.19. The summed E-state index contributed by atoms with van der Waals surface area (Å²) < 4.78 is 15.2.